The molecule has 7 atom stereocenters. The molecular weight excluding hydrogens is 438 g/mol. The topological polar surface area (TPSA) is 51.2 Å². The lowest BCUT2D eigenvalue weighted by atomic mass is 9.33. The predicted molar refractivity (Wildman–Crippen MR) is 135 cm³/mol. The molecule has 35 heavy (non-hydrogen) atoms. The number of rotatable bonds is 5. The number of aliphatic hydroxyl groups is 1. The summed E-state index contributed by atoms with van der Waals surface area (Å²) in [7, 11) is 3.63. The van der Waals surface area contributed by atoms with Crippen LogP contribution in [0.5, 0.6) is 11.5 Å². The van der Waals surface area contributed by atoms with Crippen molar-refractivity contribution in [3.05, 3.63) is 23.3 Å². The Kier molecular flexibility index (Phi) is 4.42. The van der Waals surface area contributed by atoms with Crippen LogP contribution in [0, 0.1) is 22.7 Å². The number of ether oxygens (including phenoxy) is 3. The van der Waals surface area contributed by atoms with E-state index in [2.05, 4.69) is 44.7 Å². The van der Waals surface area contributed by atoms with Crippen molar-refractivity contribution in [2.75, 3.05) is 27.3 Å². The average molecular weight is 482 g/mol. The molecule has 1 aromatic carbocycles. The number of methoxy groups -OCH3 is 2. The summed E-state index contributed by atoms with van der Waals surface area (Å²) in [5.41, 5.74) is 1.26. The largest absolute Gasteiger partial charge is 0.493 e. The highest BCUT2D eigenvalue weighted by Gasteiger charge is 2.82. The maximum absolute atomic E-state index is 12.3. The third-order valence-corrected chi connectivity index (χ3v) is 12.1. The van der Waals surface area contributed by atoms with Gasteiger partial charge in [0.2, 0.25) is 0 Å². The lowest BCUT2D eigenvalue weighted by Gasteiger charge is -2.75. The van der Waals surface area contributed by atoms with E-state index >= 15 is 0 Å². The number of likely N-dealkylation sites (tertiary alicyclic amines) is 1. The van der Waals surface area contributed by atoms with E-state index < -0.39 is 11.2 Å². The molecule has 1 aromatic rings. The highest BCUT2D eigenvalue weighted by Crippen LogP contribution is 2.78. The summed E-state index contributed by atoms with van der Waals surface area (Å²) in [6.07, 6.45) is 8.00. The minimum absolute atomic E-state index is 0.0112. The van der Waals surface area contributed by atoms with Crippen LogP contribution < -0.4 is 9.47 Å². The van der Waals surface area contributed by atoms with Gasteiger partial charge >= 0.3 is 0 Å². The SMILES string of the molecule is COc1ccc2c3c1O[C@H]1[C@@]4(OC)CC[C@@]5(C[C@@H]4C(C)(O)C(C)(C)C)[C@@H](C2)N(CC2CC2)CC[C@]315. The second-order valence-electron chi connectivity index (χ2n) is 14.0. The van der Waals surface area contributed by atoms with Gasteiger partial charge in [0.25, 0.3) is 0 Å². The van der Waals surface area contributed by atoms with E-state index in [0.717, 1.165) is 56.1 Å². The lowest BCUT2D eigenvalue weighted by Crippen LogP contribution is -2.83. The molecule has 0 radical (unpaired) electrons. The highest BCUT2D eigenvalue weighted by molar-refractivity contribution is 5.63. The Bertz CT molecular complexity index is 1070. The Morgan fingerprint density at radius 1 is 1.11 bits per heavy atom. The third-order valence-electron chi connectivity index (χ3n) is 12.1. The van der Waals surface area contributed by atoms with Gasteiger partial charge in [0, 0.05) is 42.0 Å². The number of hydrogen-bond donors (Lipinski definition) is 1. The molecule has 2 heterocycles. The van der Waals surface area contributed by atoms with Crippen LogP contribution in [0.25, 0.3) is 0 Å². The van der Waals surface area contributed by atoms with E-state index in [-0.39, 0.29) is 28.3 Å². The number of fused-ring (bicyclic) bond motifs is 2. The van der Waals surface area contributed by atoms with E-state index in [0.29, 0.717) is 6.04 Å². The minimum atomic E-state index is -0.879. The molecule has 4 bridgehead atoms. The number of piperidine rings is 1. The van der Waals surface area contributed by atoms with Crippen molar-refractivity contribution in [2.24, 2.45) is 22.7 Å². The van der Waals surface area contributed by atoms with E-state index in [1.807, 2.05) is 7.11 Å². The maximum Gasteiger partial charge on any atom is 0.165 e. The van der Waals surface area contributed by atoms with Crippen LogP contribution in [0.15, 0.2) is 12.1 Å². The van der Waals surface area contributed by atoms with Gasteiger partial charge in [-0.1, -0.05) is 26.8 Å². The fourth-order valence-corrected chi connectivity index (χ4v) is 9.73. The number of benzene rings is 1. The maximum atomic E-state index is 12.3. The molecule has 5 aliphatic carbocycles. The fraction of sp³-hybridized carbons (Fsp3) is 0.800. The summed E-state index contributed by atoms with van der Waals surface area (Å²) in [5, 5.41) is 12.3. The zero-order chi connectivity index (χ0) is 24.6. The van der Waals surface area contributed by atoms with Crippen LogP contribution >= 0.6 is 0 Å². The van der Waals surface area contributed by atoms with Gasteiger partial charge in [-0.3, -0.25) is 4.90 Å². The molecule has 0 amide bonds. The van der Waals surface area contributed by atoms with Crippen LogP contribution in [-0.4, -0.2) is 60.7 Å². The summed E-state index contributed by atoms with van der Waals surface area (Å²) in [6, 6.07) is 4.93. The van der Waals surface area contributed by atoms with Gasteiger partial charge in [0.15, 0.2) is 11.5 Å². The van der Waals surface area contributed by atoms with E-state index in [1.54, 1.807) is 7.11 Å². The smallest absolute Gasteiger partial charge is 0.165 e. The summed E-state index contributed by atoms with van der Waals surface area (Å²) in [5.74, 6) is 2.71. The second-order valence-corrected chi connectivity index (χ2v) is 14.0. The predicted octanol–water partition coefficient (Wildman–Crippen LogP) is 4.72. The molecule has 2 aliphatic heterocycles. The normalized spacial score (nSPS) is 42.9. The van der Waals surface area contributed by atoms with Crippen molar-refractivity contribution >= 4 is 0 Å². The van der Waals surface area contributed by atoms with E-state index in [1.165, 1.54) is 30.5 Å². The van der Waals surface area contributed by atoms with Crippen molar-refractivity contribution in [3.8, 4) is 11.5 Å². The zero-order valence-electron chi connectivity index (χ0n) is 22.4. The molecule has 4 saturated carbocycles. The number of nitrogens with zero attached hydrogens (tertiary/aromatic N) is 1. The average Bonchev–Trinajstić information content (AvgIpc) is 3.56. The summed E-state index contributed by atoms with van der Waals surface area (Å²) in [6.45, 7) is 11.0. The quantitative estimate of drug-likeness (QED) is 0.660. The molecule has 0 aromatic heterocycles. The molecule has 5 heteroatoms. The first-order valence-corrected chi connectivity index (χ1v) is 13.9. The third kappa shape index (κ3) is 2.47. The lowest BCUT2D eigenvalue weighted by molar-refractivity contribution is -0.312. The van der Waals surface area contributed by atoms with Crippen molar-refractivity contribution in [3.63, 3.8) is 0 Å². The minimum Gasteiger partial charge on any atom is -0.493 e. The molecule has 8 rings (SSSR count). The summed E-state index contributed by atoms with van der Waals surface area (Å²) in [4.78, 5) is 2.86. The van der Waals surface area contributed by atoms with Gasteiger partial charge in [-0.05, 0) is 81.4 Å². The van der Waals surface area contributed by atoms with Gasteiger partial charge in [-0.25, -0.2) is 0 Å². The van der Waals surface area contributed by atoms with Crippen molar-refractivity contribution in [2.45, 2.75) is 101 Å². The molecule has 1 unspecified atom stereocenters. The van der Waals surface area contributed by atoms with Crippen LogP contribution in [-0.2, 0) is 16.6 Å². The zero-order valence-corrected chi connectivity index (χ0v) is 22.4. The molecule has 192 valence electrons. The van der Waals surface area contributed by atoms with Crippen molar-refractivity contribution in [1.82, 2.24) is 4.90 Å². The van der Waals surface area contributed by atoms with E-state index in [9.17, 15) is 5.11 Å². The molecule has 5 nitrogen and oxygen atoms in total. The Morgan fingerprint density at radius 3 is 2.54 bits per heavy atom. The molecule has 5 fully saturated rings. The van der Waals surface area contributed by atoms with Gasteiger partial charge in [-0.2, -0.15) is 0 Å². The van der Waals surface area contributed by atoms with Crippen LogP contribution in [0.1, 0.15) is 77.3 Å². The Hall–Kier alpha value is -1.30. The first-order chi connectivity index (χ1) is 16.6. The molecule has 7 aliphatic rings. The fourth-order valence-electron chi connectivity index (χ4n) is 9.73. The Balaban J connectivity index is 1.48. The molecule has 1 N–H and O–H groups in total. The Labute approximate surface area is 210 Å². The first kappa shape index (κ1) is 22.9. The monoisotopic (exact) mass is 481 g/mol. The molecule has 1 saturated heterocycles. The van der Waals surface area contributed by atoms with Gasteiger partial charge in [0.1, 0.15) is 11.7 Å². The first-order valence-electron chi connectivity index (χ1n) is 13.9. The second kappa shape index (κ2) is 6.76. The van der Waals surface area contributed by atoms with Gasteiger partial charge < -0.3 is 19.3 Å². The standard InChI is InChI=1S/C30H43NO4/c1-26(2,3)27(4,32)21-16-28-11-12-30(21,34-6)25-29(28)13-14-31(17-18-7-8-18)22(28)15-19-9-10-20(33-5)24(35-25)23(19)29/h9-10,18,21-22,25,32H,7-8,11-17H2,1-6H3/t21-,22-,25-,27?,28-,29+,30-/m1/s1. The number of hydrogen-bond acceptors (Lipinski definition) is 5. The van der Waals surface area contributed by atoms with Crippen molar-refractivity contribution < 1.29 is 19.3 Å². The highest BCUT2D eigenvalue weighted by atomic mass is 16.6. The van der Waals surface area contributed by atoms with Gasteiger partial charge in [-0.15, -0.1) is 0 Å². The van der Waals surface area contributed by atoms with Crippen LogP contribution in [0.3, 0.4) is 0 Å². The van der Waals surface area contributed by atoms with Crippen molar-refractivity contribution in [1.29, 1.82) is 0 Å². The van der Waals surface area contributed by atoms with E-state index in [4.69, 9.17) is 14.2 Å². The summed E-state index contributed by atoms with van der Waals surface area (Å²) >= 11 is 0. The molecular formula is C30H43NO4. The van der Waals surface area contributed by atoms with Crippen LogP contribution in [0.4, 0.5) is 0 Å². The van der Waals surface area contributed by atoms with Gasteiger partial charge in [0.05, 0.1) is 12.7 Å². The Morgan fingerprint density at radius 2 is 1.89 bits per heavy atom. The van der Waals surface area contributed by atoms with Crippen LogP contribution in [0.2, 0.25) is 0 Å². The molecule has 2 spiro atoms. The summed E-state index contributed by atoms with van der Waals surface area (Å²) < 4.78 is 19.6.